The number of allylic oxidation sites excluding steroid dienone is 18. The third-order valence-electron chi connectivity index (χ3n) is 10.9. The predicted octanol–water partition coefficient (Wildman–Crippen LogP) is 12.3. The molecule has 0 bridgehead atoms. The van der Waals surface area contributed by atoms with Crippen LogP contribution in [0.4, 0.5) is 0 Å². The Balaban J connectivity index is 2.81. The van der Waals surface area contributed by atoms with Gasteiger partial charge in [-0.2, -0.15) is 0 Å². The average molecular weight is 965 g/mol. The summed E-state index contributed by atoms with van der Waals surface area (Å²) in [5, 5.41) is 31.3. The molecule has 0 aliphatic carbocycles. The fraction of sp³-hybridized carbons (Fsp3) is 0.614. The zero-order valence-electron chi connectivity index (χ0n) is 42.3. The molecule has 12 nitrogen and oxygen atoms in total. The van der Waals surface area contributed by atoms with Crippen molar-refractivity contribution in [2.24, 2.45) is 0 Å². The SMILES string of the molecule is CC/C=C\C/C=C\C/C=C\C/C=C\C/C=C\CCCC(=O)OCC(COC1OC(C(=O)O)C(O)C(O)C1OC(=O)CCCCCCCCCCC)OC(=O)CC/C=C\C/C=C\C/C=C\C/C=C\CC. The summed E-state index contributed by atoms with van der Waals surface area (Å²) in [5.74, 6) is -3.33. The highest BCUT2D eigenvalue weighted by atomic mass is 16.7. The monoisotopic (exact) mass is 965 g/mol. The van der Waals surface area contributed by atoms with Crippen LogP contribution < -0.4 is 0 Å². The van der Waals surface area contributed by atoms with Gasteiger partial charge in [-0.1, -0.05) is 182 Å². The quantitative estimate of drug-likeness (QED) is 0.0229. The van der Waals surface area contributed by atoms with Crippen molar-refractivity contribution in [2.45, 2.75) is 212 Å². The molecule has 0 amide bonds. The molecule has 0 radical (unpaired) electrons. The van der Waals surface area contributed by atoms with Gasteiger partial charge in [0.05, 0.1) is 6.61 Å². The molecular formula is C57H88O12. The van der Waals surface area contributed by atoms with Crippen LogP contribution in [0.3, 0.4) is 0 Å². The van der Waals surface area contributed by atoms with E-state index in [4.69, 9.17) is 23.7 Å². The molecule has 6 atom stereocenters. The van der Waals surface area contributed by atoms with Crippen molar-refractivity contribution >= 4 is 23.9 Å². The van der Waals surface area contributed by atoms with Crippen LogP contribution in [0.2, 0.25) is 0 Å². The van der Waals surface area contributed by atoms with Crippen LogP contribution in [-0.2, 0) is 42.9 Å². The Morgan fingerprint density at radius 1 is 0.493 bits per heavy atom. The topological polar surface area (TPSA) is 175 Å². The van der Waals surface area contributed by atoms with Crippen molar-refractivity contribution in [3.8, 4) is 0 Å². The maximum Gasteiger partial charge on any atom is 0.335 e. The molecule has 0 aromatic carbocycles. The van der Waals surface area contributed by atoms with E-state index in [0.717, 1.165) is 77.0 Å². The Hall–Kier alpha value is -4.62. The van der Waals surface area contributed by atoms with E-state index >= 15 is 0 Å². The highest BCUT2D eigenvalue weighted by Gasteiger charge is 2.50. The van der Waals surface area contributed by atoms with Crippen LogP contribution in [0.5, 0.6) is 0 Å². The summed E-state index contributed by atoms with van der Waals surface area (Å²) in [6, 6.07) is 0. The number of hydrogen-bond donors (Lipinski definition) is 3. The number of carbonyl (C=O) groups is 4. The molecule has 0 aromatic rings. The zero-order valence-corrected chi connectivity index (χ0v) is 42.3. The van der Waals surface area contributed by atoms with Gasteiger partial charge in [-0.25, -0.2) is 4.79 Å². The summed E-state index contributed by atoms with van der Waals surface area (Å²) < 4.78 is 28.1. The number of aliphatic hydroxyl groups is 2. The molecule has 0 spiro atoms. The van der Waals surface area contributed by atoms with Gasteiger partial charge in [0.2, 0.25) is 0 Å². The van der Waals surface area contributed by atoms with Crippen molar-refractivity contribution in [3.05, 3.63) is 109 Å². The van der Waals surface area contributed by atoms with E-state index in [1.807, 2.05) is 30.4 Å². The van der Waals surface area contributed by atoms with Crippen LogP contribution in [0.25, 0.3) is 0 Å². The van der Waals surface area contributed by atoms with Gasteiger partial charge in [-0.15, -0.1) is 0 Å². The number of aliphatic hydroxyl groups excluding tert-OH is 2. The highest BCUT2D eigenvalue weighted by molar-refractivity contribution is 5.74. The first-order valence-corrected chi connectivity index (χ1v) is 25.9. The minimum absolute atomic E-state index is 0.0247. The summed E-state index contributed by atoms with van der Waals surface area (Å²) in [6.07, 6.45) is 46.9. The lowest BCUT2D eigenvalue weighted by atomic mass is 9.98. The van der Waals surface area contributed by atoms with Crippen molar-refractivity contribution in [1.82, 2.24) is 0 Å². The second-order valence-corrected chi connectivity index (χ2v) is 17.0. The lowest BCUT2D eigenvalue weighted by Crippen LogP contribution is -2.61. The normalized spacial score (nSPS) is 19.6. The van der Waals surface area contributed by atoms with Gasteiger partial charge in [0.1, 0.15) is 18.8 Å². The number of rotatable bonds is 41. The Morgan fingerprint density at radius 2 is 0.942 bits per heavy atom. The summed E-state index contributed by atoms with van der Waals surface area (Å²) in [4.78, 5) is 50.7. The van der Waals surface area contributed by atoms with E-state index in [9.17, 15) is 34.5 Å². The van der Waals surface area contributed by atoms with Crippen molar-refractivity contribution in [3.63, 3.8) is 0 Å². The summed E-state index contributed by atoms with van der Waals surface area (Å²) in [5.41, 5.74) is 0. The fourth-order valence-corrected chi connectivity index (χ4v) is 6.94. The van der Waals surface area contributed by atoms with Gasteiger partial charge in [-0.05, 0) is 83.5 Å². The zero-order chi connectivity index (χ0) is 50.4. The summed E-state index contributed by atoms with van der Waals surface area (Å²) in [7, 11) is 0. The minimum Gasteiger partial charge on any atom is -0.479 e. The standard InChI is InChI=1S/C57H88O12/c1-4-7-10-13-16-19-21-23-24-25-26-28-29-32-34-37-40-43-49(58)65-46-48(67-50(59)44-41-38-36-33-30-27-22-20-17-14-11-8-5-2)47-66-57-55(53(62)52(61)54(69-57)56(63)64)68-51(60)45-42-39-35-31-18-15-12-9-6-3/h7-8,10-11,16-17,19-20,23-24,26-28,30,32,34,36,38,48,52-55,57,61-62H,4-6,9,12-15,18,21-22,25,29,31,33,35,37,39-47H2,1-3H3,(H,63,64)/b10-7-,11-8-,19-16-,20-17-,24-23-,28-26-,30-27-,34-32-,38-36-. The third kappa shape index (κ3) is 35.2. The molecule has 1 aliphatic rings. The Bertz CT molecular complexity index is 1620. The van der Waals surface area contributed by atoms with E-state index in [0.29, 0.717) is 32.1 Å². The molecule has 388 valence electrons. The van der Waals surface area contributed by atoms with E-state index in [2.05, 4.69) is 99.8 Å². The van der Waals surface area contributed by atoms with Gasteiger partial charge >= 0.3 is 23.9 Å². The number of ether oxygens (including phenoxy) is 5. The molecule has 6 unspecified atom stereocenters. The van der Waals surface area contributed by atoms with Gasteiger partial charge in [0, 0.05) is 19.3 Å². The average Bonchev–Trinajstić information content (AvgIpc) is 3.33. The van der Waals surface area contributed by atoms with Gasteiger partial charge in [0.25, 0.3) is 0 Å². The maximum absolute atomic E-state index is 13.0. The van der Waals surface area contributed by atoms with Crippen molar-refractivity contribution in [2.75, 3.05) is 13.2 Å². The number of carboxylic acids is 1. The van der Waals surface area contributed by atoms with Crippen LogP contribution in [-0.4, -0.2) is 89.2 Å². The Morgan fingerprint density at radius 3 is 1.43 bits per heavy atom. The van der Waals surface area contributed by atoms with Crippen LogP contribution in [0, 0.1) is 0 Å². The number of unbranched alkanes of at least 4 members (excludes halogenated alkanes) is 9. The molecule has 1 rings (SSSR count). The molecule has 1 saturated heterocycles. The lowest BCUT2D eigenvalue weighted by molar-refractivity contribution is -0.301. The van der Waals surface area contributed by atoms with E-state index in [1.165, 1.54) is 25.7 Å². The Labute approximate surface area is 415 Å². The van der Waals surface area contributed by atoms with Crippen molar-refractivity contribution < 1.29 is 58.2 Å². The minimum atomic E-state index is -1.92. The first-order valence-electron chi connectivity index (χ1n) is 25.9. The van der Waals surface area contributed by atoms with E-state index in [1.54, 1.807) is 0 Å². The molecule has 1 heterocycles. The second kappa shape index (κ2) is 44.6. The molecular weight excluding hydrogens is 877 g/mol. The second-order valence-electron chi connectivity index (χ2n) is 17.0. The highest BCUT2D eigenvalue weighted by Crippen LogP contribution is 2.26. The maximum atomic E-state index is 13.0. The number of hydrogen-bond acceptors (Lipinski definition) is 11. The largest absolute Gasteiger partial charge is 0.479 e. The first kappa shape index (κ1) is 62.4. The Kier molecular flexibility index (Phi) is 40.3. The van der Waals surface area contributed by atoms with Crippen molar-refractivity contribution in [1.29, 1.82) is 0 Å². The first-order chi connectivity index (χ1) is 33.6. The molecule has 0 aromatic heterocycles. The lowest BCUT2D eigenvalue weighted by Gasteiger charge is -2.40. The summed E-state index contributed by atoms with van der Waals surface area (Å²) >= 11 is 0. The molecule has 1 aliphatic heterocycles. The molecule has 3 N–H and O–H groups in total. The predicted molar refractivity (Wildman–Crippen MR) is 275 cm³/mol. The molecule has 1 fully saturated rings. The number of carbonyl (C=O) groups excluding carboxylic acids is 3. The smallest absolute Gasteiger partial charge is 0.335 e. The number of aliphatic carboxylic acids is 1. The molecule has 0 saturated carbocycles. The number of esters is 3. The molecule has 12 heteroatoms. The van der Waals surface area contributed by atoms with E-state index < -0.39 is 67.3 Å². The van der Waals surface area contributed by atoms with Gasteiger partial charge < -0.3 is 39.0 Å². The van der Waals surface area contributed by atoms with Gasteiger partial charge in [0.15, 0.2) is 24.6 Å². The van der Waals surface area contributed by atoms with E-state index in [-0.39, 0.29) is 25.9 Å². The van der Waals surface area contributed by atoms with Gasteiger partial charge in [-0.3, -0.25) is 14.4 Å². The fourth-order valence-electron chi connectivity index (χ4n) is 6.94. The third-order valence-corrected chi connectivity index (χ3v) is 10.9. The van der Waals surface area contributed by atoms with Crippen LogP contribution in [0.15, 0.2) is 109 Å². The van der Waals surface area contributed by atoms with Crippen LogP contribution in [0.1, 0.15) is 175 Å². The number of carboxylic acid groups (broad SMARTS) is 1. The summed E-state index contributed by atoms with van der Waals surface area (Å²) in [6.45, 7) is 5.57. The van der Waals surface area contributed by atoms with Crippen LogP contribution >= 0.6 is 0 Å². The molecule has 69 heavy (non-hydrogen) atoms.